The summed E-state index contributed by atoms with van der Waals surface area (Å²) in [6, 6.07) is -0.315. The molecule has 0 bridgehead atoms. The minimum Gasteiger partial charge on any atom is -0.445 e. The molecule has 0 aromatic heterocycles. The molecular formula is C6H4BF5NO2S-. The van der Waals surface area contributed by atoms with E-state index in [1.807, 2.05) is 0 Å². The highest BCUT2D eigenvalue weighted by molar-refractivity contribution is 7.89. The van der Waals surface area contributed by atoms with Gasteiger partial charge < -0.3 is 12.9 Å². The maximum atomic E-state index is 12.9. The van der Waals surface area contributed by atoms with E-state index in [2.05, 4.69) is 5.14 Å². The van der Waals surface area contributed by atoms with Gasteiger partial charge in [-0.2, -0.15) is 0 Å². The van der Waals surface area contributed by atoms with Crippen LogP contribution in [0, 0.1) is 11.6 Å². The van der Waals surface area contributed by atoms with Gasteiger partial charge >= 0.3 is 6.98 Å². The summed E-state index contributed by atoms with van der Waals surface area (Å²) in [6.07, 6.45) is 0. The van der Waals surface area contributed by atoms with Gasteiger partial charge in [0.15, 0.2) is 0 Å². The Hall–Kier alpha value is -1.16. The van der Waals surface area contributed by atoms with E-state index in [1.54, 1.807) is 0 Å². The first-order valence-electron chi connectivity index (χ1n) is 3.75. The molecule has 3 nitrogen and oxygen atoms in total. The van der Waals surface area contributed by atoms with E-state index in [0.29, 0.717) is 0 Å². The van der Waals surface area contributed by atoms with Crippen molar-refractivity contribution in [3.05, 3.63) is 23.8 Å². The largest absolute Gasteiger partial charge is 0.512 e. The lowest BCUT2D eigenvalue weighted by Crippen LogP contribution is -2.38. The highest BCUT2D eigenvalue weighted by Crippen LogP contribution is 2.18. The Morgan fingerprint density at radius 2 is 1.56 bits per heavy atom. The maximum absolute atomic E-state index is 12.9. The van der Waals surface area contributed by atoms with Crippen LogP contribution in [0.2, 0.25) is 0 Å². The van der Waals surface area contributed by atoms with Gasteiger partial charge in [0.05, 0.1) is 5.82 Å². The van der Waals surface area contributed by atoms with Crippen molar-refractivity contribution in [2.75, 3.05) is 0 Å². The van der Waals surface area contributed by atoms with Crippen LogP contribution in [0.25, 0.3) is 0 Å². The van der Waals surface area contributed by atoms with Crippen LogP contribution in [0.5, 0.6) is 0 Å². The molecule has 0 radical (unpaired) electrons. The van der Waals surface area contributed by atoms with Gasteiger partial charge in [0.25, 0.3) is 0 Å². The smallest absolute Gasteiger partial charge is 0.445 e. The fourth-order valence-electron chi connectivity index (χ4n) is 1.01. The summed E-state index contributed by atoms with van der Waals surface area (Å²) < 4.78 is 83.6. The summed E-state index contributed by atoms with van der Waals surface area (Å²) in [5.41, 5.74) is -1.83. The number of benzene rings is 1. The van der Waals surface area contributed by atoms with E-state index in [4.69, 9.17) is 0 Å². The topological polar surface area (TPSA) is 60.2 Å². The van der Waals surface area contributed by atoms with E-state index in [0.717, 1.165) is 0 Å². The summed E-state index contributed by atoms with van der Waals surface area (Å²) in [7, 11) is -4.66. The Bertz CT molecular complexity index is 526. The molecule has 0 saturated carbocycles. The lowest BCUT2D eigenvalue weighted by molar-refractivity contribution is 0.491. The Kier molecular flexibility index (Phi) is 2.99. The van der Waals surface area contributed by atoms with Gasteiger partial charge in [-0.25, -0.2) is 22.3 Å². The van der Waals surface area contributed by atoms with Crippen LogP contribution < -0.4 is 10.6 Å². The highest BCUT2D eigenvalue weighted by atomic mass is 32.2. The molecule has 0 amide bonds. The third-order valence-electron chi connectivity index (χ3n) is 1.71. The fraction of sp³-hybridized carbons (Fsp3) is 0. The van der Waals surface area contributed by atoms with Crippen LogP contribution in [0.3, 0.4) is 0 Å². The number of sulfonamides is 1. The van der Waals surface area contributed by atoms with Crippen molar-refractivity contribution in [1.82, 2.24) is 0 Å². The Balaban J connectivity index is 3.58. The molecule has 0 saturated heterocycles. The number of primary sulfonamides is 1. The minimum absolute atomic E-state index is 0.153. The van der Waals surface area contributed by atoms with E-state index >= 15 is 0 Å². The average Bonchev–Trinajstić information content (AvgIpc) is 1.97. The van der Waals surface area contributed by atoms with Crippen molar-refractivity contribution < 1.29 is 30.1 Å². The first kappa shape index (κ1) is 12.9. The van der Waals surface area contributed by atoms with E-state index < -0.39 is 39.0 Å². The second-order valence-corrected chi connectivity index (χ2v) is 4.45. The van der Waals surface area contributed by atoms with Gasteiger partial charge in [0.1, 0.15) is 10.7 Å². The molecule has 0 spiro atoms. The molecule has 0 aliphatic carbocycles. The molecule has 1 aromatic carbocycles. The highest BCUT2D eigenvalue weighted by Gasteiger charge is 2.31. The molecule has 2 N–H and O–H groups in total. The van der Waals surface area contributed by atoms with Crippen molar-refractivity contribution in [2.24, 2.45) is 5.14 Å². The normalized spacial score (nSPS) is 12.9. The second-order valence-electron chi connectivity index (χ2n) is 2.92. The minimum atomic E-state index is -5.78. The zero-order valence-electron chi connectivity index (χ0n) is 7.42. The molecule has 90 valence electrons. The zero-order chi connectivity index (χ0) is 12.7. The van der Waals surface area contributed by atoms with Gasteiger partial charge in [0, 0.05) is 6.07 Å². The van der Waals surface area contributed by atoms with Crippen molar-refractivity contribution in [1.29, 1.82) is 0 Å². The third kappa shape index (κ3) is 2.50. The number of hydrogen-bond donors (Lipinski definition) is 1. The quantitative estimate of drug-likeness (QED) is 0.627. The molecule has 1 aromatic rings. The van der Waals surface area contributed by atoms with E-state index in [9.17, 15) is 30.1 Å². The first-order valence-corrected chi connectivity index (χ1v) is 5.30. The number of halogens is 5. The number of nitrogens with two attached hydrogens (primary N) is 1. The van der Waals surface area contributed by atoms with Gasteiger partial charge in [-0.15, -0.1) is 0 Å². The molecular weight excluding hydrogens is 256 g/mol. The molecule has 0 aliphatic rings. The van der Waals surface area contributed by atoms with Crippen LogP contribution in [0.15, 0.2) is 17.0 Å². The maximum Gasteiger partial charge on any atom is 0.512 e. The molecule has 1 rings (SSSR count). The van der Waals surface area contributed by atoms with E-state index in [-0.39, 0.29) is 12.1 Å². The summed E-state index contributed by atoms with van der Waals surface area (Å²) in [4.78, 5) is -1.39. The molecule has 0 atom stereocenters. The average molecular weight is 260 g/mol. The molecule has 0 unspecified atom stereocenters. The van der Waals surface area contributed by atoms with Crippen molar-refractivity contribution in [3.63, 3.8) is 0 Å². The monoisotopic (exact) mass is 260 g/mol. The van der Waals surface area contributed by atoms with Crippen LogP contribution >= 0.6 is 0 Å². The molecule has 0 fully saturated rings. The Morgan fingerprint density at radius 3 is 1.94 bits per heavy atom. The Morgan fingerprint density at radius 1 is 1.06 bits per heavy atom. The summed E-state index contributed by atoms with van der Waals surface area (Å²) in [6.45, 7) is -5.78. The van der Waals surface area contributed by atoms with Gasteiger partial charge in [-0.05, 0) is 0 Å². The first-order chi connectivity index (χ1) is 7.03. The SMILES string of the molecule is NS(=O)(=O)c1cc([B-](F)(F)F)c(F)cc1F. The van der Waals surface area contributed by atoms with Crippen LogP contribution in [-0.2, 0) is 10.0 Å². The number of rotatable bonds is 2. The molecule has 0 heterocycles. The van der Waals surface area contributed by atoms with Crippen LogP contribution in [-0.4, -0.2) is 15.4 Å². The molecule has 0 aliphatic heterocycles. The van der Waals surface area contributed by atoms with Crippen molar-refractivity contribution in [3.8, 4) is 0 Å². The van der Waals surface area contributed by atoms with Crippen molar-refractivity contribution in [2.45, 2.75) is 4.90 Å². The summed E-state index contributed by atoms with van der Waals surface area (Å²) in [5.74, 6) is -3.54. The third-order valence-corrected chi connectivity index (χ3v) is 2.64. The zero-order valence-corrected chi connectivity index (χ0v) is 8.24. The summed E-state index contributed by atoms with van der Waals surface area (Å²) >= 11 is 0. The fourth-order valence-corrected chi connectivity index (χ4v) is 1.64. The van der Waals surface area contributed by atoms with Crippen LogP contribution in [0.1, 0.15) is 0 Å². The second kappa shape index (κ2) is 3.70. The Labute approximate surface area is 87.2 Å². The number of hydrogen-bond acceptors (Lipinski definition) is 2. The lowest BCUT2D eigenvalue weighted by Gasteiger charge is -2.16. The predicted octanol–water partition coefficient (Wildman–Crippen LogP) is 0.667. The van der Waals surface area contributed by atoms with Gasteiger partial charge in [0.2, 0.25) is 10.0 Å². The standard InChI is InChI=1S/C6H4BF5NO2S/c8-4-2-5(9)6(16(13,14)15)1-3(4)7(10,11)12/h1-2H,(H2,13,14,15)/q-1. The van der Waals surface area contributed by atoms with E-state index in [1.165, 1.54) is 0 Å². The van der Waals surface area contributed by atoms with Crippen molar-refractivity contribution >= 4 is 22.5 Å². The summed E-state index contributed by atoms with van der Waals surface area (Å²) in [5, 5.41) is 4.47. The predicted molar refractivity (Wildman–Crippen MR) is 46.4 cm³/mol. The van der Waals surface area contributed by atoms with Gasteiger partial charge in [-0.3, -0.25) is 0 Å². The lowest BCUT2D eigenvalue weighted by atomic mass is 9.80. The molecule has 16 heavy (non-hydrogen) atoms. The molecule has 10 heteroatoms. The van der Waals surface area contributed by atoms with Gasteiger partial charge in [-0.1, -0.05) is 11.5 Å². The van der Waals surface area contributed by atoms with Crippen LogP contribution in [0.4, 0.5) is 21.7 Å².